The molecule has 1 N–H and O–H groups in total. The van der Waals surface area contributed by atoms with Gasteiger partial charge in [-0.25, -0.2) is 8.42 Å². The van der Waals surface area contributed by atoms with Gasteiger partial charge in [-0.2, -0.15) is 4.31 Å². The lowest BCUT2D eigenvalue weighted by Crippen LogP contribution is -2.46. The van der Waals surface area contributed by atoms with Crippen LogP contribution in [0.25, 0.3) is 0 Å². The summed E-state index contributed by atoms with van der Waals surface area (Å²) in [6.45, 7) is 5.97. The standard InChI is InChI=1S/C23H35N3O3S/c1-2-21(25-12-3-4-13-25)17-24-23(27)19-10-14-26(15-11-19)30(28,29)22-9-8-18-6-5-7-20(18)16-22/h8-9,16,19,21H,2-7,10-15,17H2,1H3,(H,24,27). The zero-order chi connectivity index (χ0) is 21.1. The molecular formula is C23H35N3O3S. The first-order chi connectivity index (χ1) is 14.5. The van der Waals surface area contributed by atoms with Gasteiger partial charge in [0.05, 0.1) is 4.90 Å². The fraction of sp³-hybridized carbons (Fsp3) is 0.696. The zero-order valence-electron chi connectivity index (χ0n) is 18.1. The fourth-order valence-corrected chi connectivity index (χ4v) is 6.74. The van der Waals surface area contributed by atoms with Crippen molar-refractivity contribution >= 4 is 15.9 Å². The Hall–Kier alpha value is -1.44. The summed E-state index contributed by atoms with van der Waals surface area (Å²) in [5.74, 6) is -0.00483. The molecule has 166 valence electrons. The number of benzene rings is 1. The second-order valence-corrected chi connectivity index (χ2v) is 11.0. The van der Waals surface area contributed by atoms with Gasteiger partial charge in [0.15, 0.2) is 0 Å². The number of amides is 1. The lowest BCUT2D eigenvalue weighted by Gasteiger charge is -2.32. The quantitative estimate of drug-likeness (QED) is 0.718. The predicted molar refractivity (Wildman–Crippen MR) is 118 cm³/mol. The van der Waals surface area contributed by atoms with Crippen LogP contribution in [-0.4, -0.2) is 62.3 Å². The second-order valence-electron chi connectivity index (χ2n) is 9.01. The number of nitrogens with zero attached hydrogens (tertiary/aromatic N) is 2. The van der Waals surface area contributed by atoms with Crippen LogP contribution in [0, 0.1) is 5.92 Å². The van der Waals surface area contributed by atoms with E-state index in [1.54, 1.807) is 10.4 Å². The molecule has 1 unspecified atom stereocenters. The van der Waals surface area contributed by atoms with Crippen molar-refractivity contribution in [1.82, 2.24) is 14.5 Å². The van der Waals surface area contributed by atoms with Gasteiger partial charge in [-0.3, -0.25) is 9.69 Å². The van der Waals surface area contributed by atoms with E-state index in [1.807, 2.05) is 12.1 Å². The summed E-state index contributed by atoms with van der Waals surface area (Å²) in [5, 5.41) is 3.15. The topological polar surface area (TPSA) is 69.7 Å². The lowest BCUT2D eigenvalue weighted by atomic mass is 9.97. The molecule has 0 aromatic heterocycles. The zero-order valence-corrected chi connectivity index (χ0v) is 18.9. The second kappa shape index (κ2) is 9.37. The van der Waals surface area contributed by atoms with Gasteiger partial charge < -0.3 is 5.32 Å². The molecule has 1 aromatic carbocycles. The Kier molecular flexibility index (Phi) is 6.80. The molecule has 30 heavy (non-hydrogen) atoms. The van der Waals surface area contributed by atoms with Crippen molar-refractivity contribution in [3.05, 3.63) is 29.3 Å². The SMILES string of the molecule is CCC(CNC(=O)C1CCN(S(=O)(=O)c2ccc3c(c2)CCC3)CC1)N1CCCC1. The number of fused-ring (bicyclic) bond motifs is 1. The molecule has 3 aliphatic rings. The van der Waals surface area contributed by atoms with Crippen LogP contribution >= 0.6 is 0 Å². The van der Waals surface area contributed by atoms with Gasteiger partial charge >= 0.3 is 0 Å². The van der Waals surface area contributed by atoms with Crippen LogP contribution in [0.15, 0.2) is 23.1 Å². The molecule has 1 atom stereocenters. The lowest BCUT2D eigenvalue weighted by molar-refractivity contribution is -0.126. The van der Waals surface area contributed by atoms with Crippen molar-refractivity contribution in [2.45, 2.75) is 69.2 Å². The average Bonchev–Trinajstić information content (AvgIpc) is 3.45. The van der Waals surface area contributed by atoms with Crippen molar-refractivity contribution in [3.63, 3.8) is 0 Å². The highest BCUT2D eigenvalue weighted by atomic mass is 32.2. The van der Waals surface area contributed by atoms with E-state index in [0.717, 1.165) is 38.8 Å². The van der Waals surface area contributed by atoms with Gasteiger partial charge in [-0.15, -0.1) is 0 Å². The molecule has 2 fully saturated rings. The van der Waals surface area contributed by atoms with E-state index in [4.69, 9.17) is 0 Å². The number of rotatable bonds is 7. The third-order valence-corrected chi connectivity index (χ3v) is 9.07. The Bertz CT molecular complexity index is 856. The van der Waals surface area contributed by atoms with Gasteiger partial charge in [0.1, 0.15) is 0 Å². The number of aryl methyl sites for hydroxylation is 2. The van der Waals surface area contributed by atoms with Gasteiger partial charge in [-0.1, -0.05) is 13.0 Å². The van der Waals surface area contributed by atoms with Crippen molar-refractivity contribution in [2.24, 2.45) is 5.92 Å². The summed E-state index contributed by atoms with van der Waals surface area (Å²) in [5.41, 5.74) is 2.46. The Balaban J connectivity index is 1.30. The number of nitrogens with one attached hydrogen (secondary N) is 1. The first-order valence-corrected chi connectivity index (χ1v) is 13.1. The number of hydrogen-bond acceptors (Lipinski definition) is 4. The van der Waals surface area contributed by atoms with Crippen LogP contribution in [0.2, 0.25) is 0 Å². The maximum atomic E-state index is 13.1. The summed E-state index contributed by atoms with van der Waals surface area (Å²) in [7, 11) is -3.48. The summed E-state index contributed by atoms with van der Waals surface area (Å²) in [6.07, 6.45) is 7.86. The van der Waals surface area contributed by atoms with E-state index >= 15 is 0 Å². The van der Waals surface area contributed by atoms with E-state index in [0.29, 0.717) is 43.4 Å². The molecule has 1 aromatic rings. The molecule has 2 saturated heterocycles. The molecule has 6 nitrogen and oxygen atoms in total. The summed E-state index contributed by atoms with van der Waals surface area (Å²) in [4.78, 5) is 15.6. The highest BCUT2D eigenvalue weighted by Crippen LogP contribution is 2.28. The van der Waals surface area contributed by atoms with Gasteiger partial charge in [0.25, 0.3) is 0 Å². The highest BCUT2D eigenvalue weighted by Gasteiger charge is 2.33. The van der Waals surface area contributed by atoms with Gasteiger partial charge in [0, 0.05) is 31.6 Å². The van der Waals surface area contributed by atoms with E-state index < -0.39 is 10.0 Å². The van der Waals surface area contributed by atoms with E-state index in [1.165, 1.54) is 24.0 Å². The molecule has 0 spiro atoms. The van der Waals surface area contributed by atoms with E-state index in [-0.39, 0.29) is 11.8 Å². The number of sulfonamides is 1. The number of likely N-dealkylation sites (tertiary alicyclic amines) is 1. The maximum Gasteiger partial charge on any atom is 0.243 e. The molecule has 2 heterocycles. The van der Waals surface area contributed by atoms with Crippen LogP contribution in [0.4, 0.5) is 0 Å². The Morgan fingerprint density at radius 3 is 2.47 bits per heavy atom. The average molecular weight is 434 g/mol. The monoisotopic (exact) mass is 433 g/mol. The smallest absolute Gasteiger partial charge is 0.243 e. The number of carbonyl (C=O) groups is 1. The molecule has 0 radical (unpaired) electrons. The minimum atomic E-state index is -3.48. The Morgan fingerprint density at radius 1 is 1.07 bits per heavy atom. The summed E-state index contributed by atoms with van der Waals surface area (Å²) < 4.78 is 27.7. The van der Waals surface area contributed by atoms with Crippen molar-refractivity contribution < 1.29 is 13.2 Å². The van der Waals surface area contributed by atoms with Crippen LogP contribution < -0.4 is 5.32 Å². The Labute approximate surface area is 181 Å². The van der Waals surface area contributed by atoms with E-state index in [9.17, 15) is 13.2 Å². The minimum Gasteiger partial charge on any atom is -0.354 e. The first kappa shape index (κ1) is 21.8. The molecule has 1 aliphatic carbocycles. The van der Waals surface area contributed by atoms with Gasteiger partial charge in [-0.05, 0) is 87.7 Å². The number of hydrogen-bond donors (Lipinski definition) is 1. The number of piperidine rings is 1. The van der Waals surface area contributed by atoms with Crippen LogP contribution in [0.5, 0.6) is 0 Å². The van der Waals surface area contributed by atoms with Crippen LogP contribution in [0.3, 0.4) is 0 Å². The van der Waals surface area contributed by atoms with Gasteiger partial charge in [0.2, 0.25) is 15.9 Å². The van der Waals surface area contributed by atoms with E-state index in [2.05, 4.69) is 17.1 Å². The third-order valence-electron chi connectivity index (χ3n) is 7.17. The number of carbonyl (C=O) groups excluding carboxylic acids is 1. The molecule has 2 aliphatic heterocycles. The first-order valence-electron chi connectivity index (χ1n) is 11.6. The molecule has 0 saturated carbocycles. The third kappa shape index (κ3) is 4.58. The largest absolute Gasteiger partial charge is 0.354 e. The van der Waals surface area contributed by atoms with Crippen molar-refractivity contribution in [3.8, 4) is 0 Å². The molecular weight excluding hydrogens is 398 g/mol. The summed E-state index contributed by atoms with van der Waals surface area (Å²) in [6, 6.07) is 6.00. The summed E-state index contributed by atoms with van der Waals surface area (Å²) >= 11 is 0. The molecule has 1 amide bonds. The molecule has 7 heteroatoms. The maximum absolute atomic E-state index is 13.1. The fourth-order valence-electron chi connectivity index (χ4n) is 5.22. The normalized spacial score (nSPS) is 22.2. The van der Waals surface area contributed by atoms with Crippen LogP contribution in [-0.2, 0) is 27.7 Å². The molecule has 0 bridgehead atoms. The van der Waals surface area contributed by atoms with Crippen molar-refractivity contribution in [1.29, 1.82) is 0 Å². The Morgan fingerprint density at radius 2 is 1.77 bits per heavy atom. The predicted octanol–water partition coefficient (Wildman–Crippen LogP) is 2.57. The minimum absolute atomic E-state index is 0.0854. The highest BCUT2D eigenvalue weighted by molar-refractivity contribution is 7.89. The van der Waals surface area contributed by atoms with Crippen molar-refractivity contribution in [2.75, 3.05) is 32.7 Å². The molecule has 4 rings (SSSR count). The van der Waals surface area contributed by atoms with Crippen LogP contribution in [0.1, 0.15) is 56.6 Å².